The molecule has 0 spiro atoms. The van der Waals surface area contributed by atoms with Crippen molar-refractivity contribution in [3.63, 3.8) is 0 Å². The van der Waals surface area contributed by atoms with Crippen LogP contribution in [0.25, 0.3) is 0 Å². The second-order valence-corrected chi connectivity index (χ2v) is 5.75. The van der Waals surface area contributed by atoms with Crippen molar-refractivity contribution in [2.45, 2.75) is 58.5 Å². The molecule has 128 valence electrons. The third-order valence-electron chi connectivity index (χ3n) is 3.83. The van der Waals surface area contributed by atoms with Crippen molar-refractivity contribution in [1.82, 2.24) is 0 Å². The molecule has 0 aliphatic carbocycles. The molecular weight excluding hydrogens is 296 g/mol. The van der Waals surface area contributed by atoms with Gasteiger partial charge in [0.2, 0.25) is 0 Å². The Kier molecular flexibility index (Phi) is 8.33. The van der Waals surface area contributed by atoms with Crippen LogP contribution in [0.15, 0.2) is 18.2 Å². The van der Waals surface area contributed by atoms with Gasteiger partial charge in [0.05, 0.1) is 23.8 Å². The summed E-state index contributed by atoms with van der Waals surface area (Å²) >= 11 is 0. The van der Waals surface area contributed by atoms with Crippen molar-refractivity contribution in [1.29, 1.82) is 0 Å². The molecule has 1 atom stereocenters. The van der Waals surface area contributed by atoms with E-state index in [9.17, 15) is 9.59 Å². The fourth-order valence-corrected chi connectivity index (χ4v) is 2.31. The maximum atomic E-state index is 10.6. The van der Waals surface area contributed by atoms with Crippen LogP contribution in [0.4, 0.5) is 0 Å². The predicted octanol–water partition coefficient (Wildman–Crippen LogP) is 4.14. The minimum Gasteiger partial charge on any atom is -0.478 e. The lowest BCUT2D eigenvalue weighted by Crippen LogP contribution is -2.06. The van der Waals surface area contributed by atoms with E-state index in [4.69, 9.17) is 14.9 Å². The highest BCUT2D eigenvalue weighted by molar-refractivity contribution is 5.96. The summed E-state index contributed by atoms with van der Waals surface area (Å²) in [6.07, 6.45) is 8.93. The highest BCUT2D eigenvalue weighted by Gasteiger charge is 2.20. The molecule has 1 aromatic carbocycles. The monoisotopic (exact) mass is 322 g/mol. The molecule has 1 saturated heterocycles. The van der Waals surface area contributed by atoms with Crippen LogP contribution >= 0.6 is 0 Å². The molecule has 1 unspecified atom stereocenters. The average molecular weight is 322 g/mol. The zero-order valence-corrected chi connectivity index (χ0v) is 13.9. The molecular formula is C18H26O5. The largest absolute Gasteiger partial charge is 0.478 e. The predicted molar refractivity (Wildman–Crippen MR) is 88.2 cm³/mol. The van der Waals surface area contributed by atoms with E-state index < -0.39 is 11.9 Å². The van der Waals surface area contributed by atoms with Gasteiger partial charge in [-0.2, -0.15) is 0 Å². The van der Waals surface area contributed by atoms with Crippen LogP contribution in [-0.2, 0) is 4.74 Å². The Morgan fingerprint density at radius 2 is 1.61 bits per heavy atom. The van der Waals surface area contributed by atoms with Crippen molar-refractivity contribution in [2.24, 2.45) is 0 Å². The van der Waals surface area contributed by atoms with Crippen molar-refractivity contribution < 1.29 is 24.5 Å². The van der Waals surface area contributed by atoms with Crippen LogP contribution in [0.2, 0.25) is 0 Å². The molecule has 23 heavy (non-hydrogen) atoms. The second kappa shape index (κ2) is 10.0. The lowest BCUT2D eigenvalue weighted by Gasteiger charge is -2.03. The van der Waals surface area contributed by atoms with E-state index in [-0.39, 0.29) is 16.7 Å². The second-order valence-electron chi connectivity index (χ2n) is 5.75. The highest BCUT2D eigenvalue weighted by Crippen LogP contribution is 2.17. The molecule has 1 aliphatic heterocycles. The van der Waals surface area contributed by atoms with Crippen LogP contribution in [0.5, 0.6) is 0 Å². The van der Waals surface area contributed by atoms with Crippen LogP contribution in [0.3, 0.4) is 0 Å². The number of hydrogen-bond donors (Lipinski definition) is 2. The number of benzene rings is 1. The third kappa shape index (κ3) is 7.28. The minimum atomic E-state index is -1.11. The van der Waals surface area contributed by atoms with E-state index in [1.165, 1.54) is 63.6 Å². The molecule has 0 radical (unpaired) electrons. The number of carboxylic acids is 2. The maximum absolute atomic E-state index is 10.6. The standard InChI is InChI=1S/C9H8O4.C9H18O/c1-5-6(8(10)11)3-2-4-7(5)9(12)13;1-2-3-4-5-6-7-9-8-10-9/h2-4H,1H3,(H,10,11)(H,12,13);9H,2-8H2,1H3. The summed E-state index contributed by atoms with van der Waals surface area (Å²) in [4.78, 5) is 21.2. The van der Waals surface area contributed by atoms with Gasteiger partial charge in [-0.25, -0.2) is 9.59 Å². The topological polar surface area (TPSA) is 87.1 Å². The first-order valence-corrected chi connectivity index (χ1v) is 8.15. The summed E-state index contributed by atoms with van der Waals surface area (Å²) in [5, 5.41) is 17.4. The van der Waals surface area contributed by atoms with Crippen molar-refractivity contribution >= 4 is 11.9 Å². The van der Waals surface area contributed by atoms with Crippen LogP contribution in [0, 0.1) is 6.92 Å². The van der Waals surface area contributed by atoms with Gasteiger partial charge in [0.15, 0.2) is 0 Å². The van der Waals surface area contributed by atoms with Crippen molar-refractivity contribution in [3.05, 3.63) is 34.9 Å². The van der Waals surface area contributed by atoms with Gasteiger partial charge < -0.3 is 14.9 Å². The SMILES string of the molecule is CCCCCCCC1CO1.Cc1c(C(=O)O)cccc1C(=O)O. The fraction of sp³-hybridized carbons (Fsp3) is 0.556. The van der Waals surface area contributed by atoms with E-state index in [1.807, 2.05) is 0 Å². The summed E-state index contributed by atoms with van der Waals surface area (Å²) in [5.74, 6) is -2.22. The molecule has 0 bridgehead atoms. The smallest absolute Gasteiger partial charge is 0.335 e. The lowest BCUT2D eigenvalue weighted by molar-refractivity contribution is 0.0696. The van der Waals surface area contributed by atoms with E-state index >= 15 is 0 Å². The Bertz CT molecular complexity index is 488. The summed E-state index contributed by atoms with van der Waals surface area (Å²) in [5.41, 5.74) is 0.335. The van der Waals surface area contributed by atoms with E-state index in [1.54, 1.807) is 0 Å². The third-order valence-corrected chi connectivity index (χ3v) is 3.83. The lowest BCUT2D eigenvalue weighted by atomic mass is 10.0. The summed E-state index contributed by atoms with van der Waals surface area (Å²) in [6, 6.07) is 4.17. The number of carbonyl (C=O) groups is 2. The molecule has 5 heteroatoms. The molecule has 5 nitrogen and oxygen atoms in total. The molecule has 2 N–H and O–H groups in total. The van der Waals surface area contributed by atoms with E-state index in [2.05, 4.69) is 6.92 Å². The van der Waals surface area contributed by atoms with Crippen LogP contribution < -0.4 is 0 Å². The number of epoxide rings is 1. The minimum absolute atomic E-state index is 0.0277. The molecule has 1 fully saturated rings. The highest BCUT2D eigenvalue weighted by atomic mass is 16.6. The van der Waals surface area contributed by atoms with Gasteiger partial charge in [-0.1, -0.05) is 45.1 Å². The van der Waals surface area contributed by atoms with E-state index in [0.29, 0.717) is 6.10 Å². The maximum Gasteiger partial charge on any atom is 0.335 e. The van der Waals surface area contributed by atoms with Crippen LogP contribution in [-0.4, -0.2) is 34.9 Å². The normalized spacial score (nSPS) is 15.5. The number of hydrogen-bond acceptors (Lipinski definition) is 3. The Hall–Kier alpha value is -1.88. The first kappa shape index (κ1) is 19.2. The quantitative estimate of drug-likeness (QED) is 0.555. The van der Waals surface area contributed by atoms with Gasteiger partial charge >= 0.3 is 11.9 Å². The molecule has 0 aromatic heterocycles. The molecule has 1 aliphatic rings. The fourth-order valence-electron chi connectivity index (χ4n) is 2.31. The average Bonchev–Trinajstić information content (AvgIpc) is 3.31. The molecule has 2 rings (SSSR count). The first-order chi connectivity index (χ1) is 11.0. The number of aromatic carboxylic acids is 2. The summed E-state index contributed by atoms with van der Waals surface area (Å²) < 4.78 is 5.12. The zero-order valence-electron chi connectivity index (χ0n) is 13.9. The number of carboxylic acid groups (broad SMARTS) is 2. The zero-order chi connectivity index (χ0) is 17.2. The molecule has 1 aromatic rings. The van der Waals surface area contributed by atoms with Gasteiger partial charge in [-0.05, 0) is 31.0 Å². The van der Waals surface area contributed by atoms with Gasteiger partial charge in [-0.3, -0.25) is 0 Å². The van der Waals surface area contributed by atoms with Crippen molar-refractivity contribution in [2.75, 3.05) is 6.61 Å². The molecule has 1 heterocycles. The Morgan fingerprint density at radius 1 is 1.09 bits per heavy atom. The summed E-state index contributed by atoms with van der Waals surface area (Å²) in [7, 11) is 0. The Labute approximate surface area is 137 Å². The molecule has 0 saturated carbocycles. The van der Waals surface area contributed by atoms with Crippen LogP contribution in [0.1, 0.15) is 71.7 Å². The number of rotatable bonds is 8. The van der Waals surface area contributed by atoms with Gasteiger partial charge in [-0.15, -0.1) is 0 Å². The molecule has 0 amide bonds. The number of unbranched alkanes of at least 4 members (excludes halogenated alkanes) is 4. The Morgan fingerprint density at radius 3 is 2.04 bits per heavy atom. The van der Waals surface area contributed by atoms with Gasteiger partial charge in [0.25, 0.3) is 0 Å². The Balaban J connectivity index is 0.000000238. The number of ether oxygens (including phenoxy) is 1. The summed E-state index contributed by atoms with van der Waals surface area (Å²) in [6.45, 7) is 4.77. The van der Waals surface area contributed by atoms with Gasteiger partial charge in [0, 0.05) is 0 Å². The first-order valence-electron chi connectivity index (χ1n) is 8.15. The van der Waals surface area contributed by atoms with Gasteiger partial charge in [0.1, 0.15) is 0 Å². The van der Waals surface area contributed by atoms with E-state index in [0.717, 1.165) is 6.61 Å². The van der Waals surface area contributed by atoms with Crippen molar-refractivity contribution in [3.8, 4) is 0 Å².